The highest BCUT2D eigenvalue weighted by Gasteiger charge is 2.35. The monoisotopic (exact) mass is 335 g/mol. The fourth-order valence-corrected chi connectivity index (χ4v) is 2.49. The highest BCUT2D eigenvalue weighted by Crippen LogP contribution is 2.23. The highest BCUT2D eigenvalue weighted by atomic mass is 16.5. The molecular weight excluding hydrogens is 314 g/mol. The van der Waals surface area contributed by atoms with E-state index < -0.39 is 18.0 Å². The number of amides is 3. The van der Waals surface area contributed by atoms with E-state index in [-0.39, 0.29) is 12.5 Å². The fourth-order valence-electron chi connectivity index (χ4n) is 2.49. The molecule has 1 heterocycles. The van der Waals surface area contributed by atoms with Crippen LogP contribution >= 0.6 is 0 Å². The van der Waals surface area contributed by atoms with Gasteiger partial charge in [-0.1, -0.05) is 0 Å². The van der Waals surface area contributed by atoms with Crippen LogP contribution in [-0.4, -0.2) is 62.7 Å². The second kappa shape index (κ2) is 7.67. The van der Waals surface area contributed by atoms with Crippen molar-refractivity contribution in [2.24, 2.45) is 0 Å². The number of urea groups is 1. The maximum absolute atomic E-state index is 12.6. The van der Waals surface area contributed by atoms with Gasteiger partial charge in [0.25, 0.3) is 0 Å². The van der Waals surface area contributed by atoms with Crippen molar-refractivity contribution in [1.82, 2.24) is 10.2 Å². The van der Waals surface area contributed by atoms with Crippen LogP contribution in [0.1, 0.15) is 6.92 Å². The molecule has 0 aliphatic carbocycles. The van der Waals surface area contributed by atoms with Crippen molar-refractivity contribution in [2.75, 3.05) is 38.8 Å². The number of methoxy groups -OCH3 is 2. The first-order chi connectivity index (χ1) is 11.5. The summed E-state index contributed by atoms with van der Waals surface area (Å²) < 4.78 is 9.58. The average Bonchev–Trinajstić information content (AvgIpc) is 2.61. The molecule has 1 fully saturated rings. The Morgan fingerprint density at radius 2 is 1.88 bits per heavy atom. The summed E-state index contributed by atoms with van der Waals surface area (Å²) in [6.07, 6.45) is 0. The Kier molecular flexibility index (Phi) is 5.62. The third kappa shape index (κ3) is 3.76. The summed E-state index contributed by atoms with van der Waals surface area (Å²) in [6.45, 7) is 2.18. The maximum atomic E-state index is 12.6. The summed E-state index contributed by atoms with van der Waals surface area (Å²) in [5.74, 6) is -0.0149. The number of ether oxygens (including phenoxy) is 2. The van der Waals surface area contributed by atoms with Crippen molar-refractivity contribution in [3.05, 3.63) is 24.3 Å². The summed E-state index contributed by atoms with van der Waals surface area (Å²) >= 11 is 0. The molecule has 1 aliphatic heterocycles. The number of nitrogens with zero attached hydrogens (tertiary/aromatic N) is 2. The Morgan fingerprint density at radius 1 is 1.21 bits per heavy atom. The minimum absolute atomic E-state index is 0.181. The van der Waals surface area contributed by atoms with Crippen molar-refractivity contribution in [2.45, 2.75) is 13.0 Å². The summed E-state index contributed by atoms with van der Waals surface area (Å²) in [6, 6.07) is 6.08. The Bertz CT molecular complexity index is 617. The van der Waals surface area contributed by atoms with Gasteiger partial charge in [0.1, 0.15) is 18.3 Å². The number of nitrogens with one attached hydrogen (secondary N) is 1. The zero-order valence-corrected chi connectivity index (χ0v) is 13.9. The number of piperazine rings is 1. The van der Waals surface area contributed by atoms with Gasteiger partial charge in [0.2, 0.25) is 5.91 Å². The molecule has 8 nitrogen and oxygen atoms in total. The van der Waals surface area contributed by atoms with E-state index in [2.05, 4.69) is 10.1 Å². The maximum Gasteiger partial charge on any atom is 0.325 e. The Hall–Kier alpha value is -2.77. The van der Waals surface area contributed by atoms with E-state index in [0.29, 0.717) is 18.8 Å². The topological polar surface area (TPSA) is 88.2 Å². The van der Waals surface area contributed by atoms with Crippen LogP contribution < -0.4 is 15.0 Å². The van der Waals surface area contributed by atoms with Crippen molar-refractivity contribution in [3.63, 3.8) is 0 Å². The van der Waals surface area contributed by atoms with E-state index in [1.165, 1.54) is 12.0 Å². The highest BCUT2D eigenvalue weighted by molar-refractivity contribution is 6.00. The van der Waals surface area contributed by atoms with E-state index in [1.54, 1.807) is 43.2 Å². The SMILES string of the molecule is COC(=O)CNC(=O)N1CCN(c2ccc(OC)cc2)C(=O)[C@@H]1C. The normalized spacial score (nSPS) is 17.5. The molecule has 0 spiro atoms. The first-order valence-corrected chi connectivity index (χ1v) is 7.54. The standard InChI is InChI=1S/C16H21N3O5/c1-11-15(21)19(12-4-6-13(23-2)7-5-12)9-8-18(11)16(22)17-10-14(20)24-3/h4-7,11H,8-10H2,1-3H3,(H,17,22)/t11-/m0/s1. The molecule has 1 aromatic rings. The van der Waals surface area contributed by atoms with E-state index in [0.717, 1.165) is 5.69 Å². The predicted molar refractivity (Wildman–Crippen MR) is 86.9 cm³/mol. The van der Waals surface area contributed by atoms with Gasteiger partial charge < -0.3 is 24.6 Å². The van der Waals surface area contributed by atoms with Gasteiger partial charge in [0, 0.05) is 18.8 Å². The second-order valence-corrected chi connectivity index (χ2v) is 5.29. The predicted octanol–water partition coefficient (Wildman–Crippen LogP) is 0.615. The van der Waals surface area contributed by atoms with Gasteiger partial charge in [-0.05, 0) is 31.2 Å². The summed E-state index contributed by atoms with van der Waals surface area (Å²) in [5.41, 5.74) is 0.752. The van der Waals surface area contributed by atoms with Crippen LogP contribution in [-0.2, 0) is 14.3 Å². The first-order valence-electron chi connectivity index (χ1n) is 7.54. The van der Waals surface area contributed by atoms with E-state index in [9.17, 15) is 14.4 Å². The number of esters is 1. The number of hydrogen-bond acceptors (Lipinski definition) is 5. The van der Waals surface area contributed by atoms with Gasteiger partial charge in [-0.25, -0.2) is 4.79 Å². The third-order valence-corrected chi connectivity index (χ3v) is 3.91. The molecule has 0 bridgehead atoms. The lowest BCUT2D eigenvalue weighted by Crippen LogP contribution is -2.60. The number of rotatable bonds is 4. The zero-order chi connectivity index (χ0) is 17.7. The van der Waals surface area contributed by atoms with Gasteiger partial charge in [-0.3, -0.25) is 9.59 Å². The molecule has 8 heteroatoms. The van der Waals surface area contributed by atoms with E-state index >= 15 is 0 Å². The lowest BCUT2D eigenvalue weighted by molar-refractivity contribution is -0.139. The molecule has 0 aromatic heterocycles. The molecule has 1 aliphatic rings. The molecule has 0 saturated carbocycles. The van der Waals surface area contributed by atoms with E-state index in [4.69, 9.17) is 4.74 Å². The van der Waals surface area contributed by atoms with Gasteiger partial charge >= 0.3 is 12.0 Å². The third-order valence-electron chi connectivity index (χ3n) is 3.91. The fraction of sp³-hybridized carbons (Fsp3) is 0.438. The van der Waals surface area contributed by atoms with Gasteiger partial charge in [0.05, 0.1) is 14.2 Å². The smallest absolute Gasteiger partial charge is 0.325 e. The number of anilines is 1. The lowest BCUT2D eigenvalue weighted by atomic mass is 10.1. The lowest BCUT2D eigenvalue weighted by Gasteiger charge is -2.39. The van der Waals surface area contributed by atoms with Gasteiger partial charge in [-0.2, -0.15) is 0 Å². The molecule has 1 atom stereocenters. The number of benzene rings is 1. The van der Waals surface area contributed by atoms with Crippen molar-refractivity contribution in [3.8, 4) is 5.75 Å². The van der Waals surface area contributed by atoms with Crippen LogP contribution in [0.15, 0.2) is 24.3 Å². The minimum Gasteiger partial charge on any atom is -0.497 e. The molecule has 3 amide bonds. The first kappa shape index (κ1) is 17.6. The van der Waals surface area contributed by atoms with Crippen LogP contribution in [0.2, 0.25) is 0 Å². The van der Waals surface area contributed by atoms with Crippen molar-refractivity contribution >= 4 is 23.6 Å². The van der Waals surface area contributed by atoms with Crippen LogP contribution in [0, 0.1) is 0 Å². The number of carbonyl (C=O) groups is 3. The Balaban J connectivity index is 2.01. The Labute approximate surface area is 140 Å². The summed E-state index contributed by atoms with van der Waals surface area (Å²) in [5, 5.41) is 2.45. The van der Waals surface area contributed by atoms with Gasteiger partial charge in [0.15, 0.2) is 0 Å². The molecule has 130 valence electrons. The number of carbonyl (C=O) groups excluding carboxylic acids is 3. The molecule has 1 saturated heterocycles. The van der Waals surface area contributed by atoms with Crippen LogP contribution in [0.4, 0.5) is 10.5 Å². The number of hydrogen-bond donors (Lipinski definition) is 1. The van der Waals surface area contributed by atoms with E-state index in [1.807, 2.05) is 0 Å². The quantitative estimate of drug-likeness (QED) is 0.815. The van der Waals surface area contributed by atoms with Crippen LogP contribution in [0.25, 0.3) is 0 Å². The molecule has 0 unspecified atom stereocenters. The molecular formula is C16H21N3O5. The van der Waals surface area contributed by atoms with Crippen LogP contribution in [0.5, 0.6) is 5.75 Å². The second-order valence-electron chi connectivity index (χ2n) is 5.29. The minimum atomic E-state index is -0.626. The zero-order valence-electron chi connectivity index (χ0n) is 13.9. The van der Waals surface area contributed by atoms with Crippen molar-refractivity contribution < 1.29 is 23.9 Å². The molecule has 2 rings (SSSR count). The molecule has 0 radical (unpaired) electrons. The summed E-state index contributed by atoms with van der Waals surface area (Å²) in [7, 11) is 2.82. The average molecular weight is 335 g/mol. The summed E-state index contributed by atoms with van der Waals surface area (Å²) in [4.78, 5) is 38.8. The Morgan fingerprint density at radius 3 is 2.46 bits per heavy atom. The molecule has 1 N–H and O–H groups in total. The van der Waals surface area contributed by atoms with Gasteiger partial charge in [-0.15, -0.1) is 0 Å². The molecule has 24 heavy (non-hydrogen) atoms. The van der Waals surface area contributed by atoms with Crippen LogP contribution in [0.3, 0.4) is 0 Å². The largest absolute Gasteiger partial charge is 0.497 e. The molecule has 1 aromatic carbocycles. The van der Waals surface area contributed by atoms with Crippen molar-refractivity contribution in [1.29, 1.82) is 0 Å².